The van der Waals surface area contributed by atoms with Gasteiger partial charge in [0.2, 0.25) is 11.8 Å². The number of carbonyl (C=O) groups is 4. The summed E-state index contributed by atoms with van der Waals surface area (Å²) in [6, 6.07) is 7.52. The molecule has 0 spiro atoms. The van der Waals surface area contributed by atoms with E-state index in [2.05, 4.69) is 10.5 Å². The highest BCUT2D eigenvalue weighted by molar-refractivity contribution is 5.82. The number of carboxylic acids is 1. The van der Waals surface area contributed by atoms with E-state index in [0.717, 1.165) is 36.8 Å². The zero-order chi connectivity index (χ0) is 27.2. The van der Waals surface area contributed by atoms with Gasteiger partial charge in [0.05, 0.1) is 12.3 Å². The number of hydrogen-bond donors (Lipinski definition) is 2. The molecular formula is C29H39N3O6. The number of hydrogen-bond acceptors (Lipinski definition) is 6. The molecular weight excluding hydrogens is 486 g/mol. The number of nitrogens with one attached hydrogen (secondary N) is 1. The predicted molar refractivity (Wildman–Crippen MR) is 143 cm³/mol. The van der Waals surface area contributed by atoms with Crippen molar-refractivity contribution in [3.8, 4) is 0 Å². The van der Waals surface area contributed by atoms with Crippen molar-refractivity contribution < 1.29 is 29.0 Å². The normalized spacial score (nSPS) is 21.6. The van der Waals surface area contributed by atoms with E-state index in [-0.39, 0.29) is 42.8 Å². The van der Waals surface area contributed by atoms with Gasteiger partial charge in [0, 0.05) is 32.2 Å². The van der Waals surface area contributed by atoms with Crippen molar-refractivity contribution in [1.82, 2.24) is 10.3 Å². The van der Waals surface area contributed by atoms with Gasteiger partial charge in [-0.25, -0.2) is 5.43 Å². The fourth-order valence-corrected chi connectivity index (χ4v) is 4.92. The van der Waals surface area contributed by atoms with Crippen LogP contribution in [0.2, 0.25) is 0 Å². The Morgan fingerprint density at radius 1 is 1.05 bits per heavy atom. The quantitative estimate of drug-likeness (QED) is 0.152. The molecule has 1 heterocycles. The maximum Gasteiger partial charge on any atom is 0.306 e. The standard InChI is InChI=1S/C29H39N3O6/c33-26(15-4-3-6-17-28(35)36)31-30-20-22-11-10-12-23(19-22)21-32-24-13-8-9-14-25(24)38-29(37)18-7-2-1-5-16-27(32)34/h1-2,10-12,19-20,24-25H,3-9,13-18,21H2,(H,31,33)(H,35,36)/b2-1+,30-20+/t24-,25-/m1/s1. The number of nitrogens with zero attached hydrogens (tertiary/aromatic N) is 2. The topological polar surface area (TPSA) is 125 Å². The van der Waals surface area contributed by atoms with E-state index in [1.807, 2.05) is 41.3 Å². The van der Waals surface area contributed by atoms with Gasteiger partial charge in [-0.3, -0.25) is 19.2 Å². The van der Waals surface area contributed by atoms with Crippen LogP contribution < -0.4 is 5.43 Å². The Kier molecular flexibility index (Phi) is 12.0. The summed E-state index contributed by atoms with van der Waals surface area (Å²) in [6.07, 6.45) is 13.0. The molecule has 1 aromatic carbocycles. The van der Waals surface area contributed by atoms with E-state index >= 15 is 0 Å². The number of fused-ring (bicyclic) bond motifs is 1. The first-order valence-electron chi connectivity index (χ1n) is 13.7. The number of benzene rings is 1. The van der Waals surface area contributed by atoms with Gasteiger partial charge in [0.25, 0.3) is 0 Å². The summed E-state index contributed by atoms with van der Waals surface area (Å²) in [6.45, 7) is 0.408. The number of ether oxygens (including phenoxy) is 1. The van der Waals surface area contributed by atoms with Gasteiger partial charge in [-0.1, -0.05) is 43.2 Å². The van der Waals surface area contributed by atoms with Crippen LogP contribution in [0.15, 0.2) is 41.5 Å². The van der Waals surface area contributed by atoms with Gasteiger partial charge < -0.3 is 14.7 Å². The molecule has 0 bridgehead atoms. The molecule has 2 aliphatic rings. The monoisotopic (exact) mass is 525 g/mol. The van der Waals surface area contributed by atoms with Crippen LogP contribution in [-0.4, -0.2) is 52.1 Å². The summed E-state index contributed by atoms with van der Waals surface area (Å²) in [7, 11) is 0. The van der Waals surface area contributed by atoms with E-state index < -0.39 is 5.97 Å². The molecule has 1 fully saturated rings. The first-order valence-corrected chi connectivity index (χ1v) is 13.7. The Hall–Kier alpha value is -3.49. The maximum atomic E-state index is 13.3. The second-order valence-corrected chi connectivity index (χ2v) is 9.94. The first-order chi connectivity index (χ1) is 18.4. The van der Waals surface area contributed by atoms with E-state index in [1.165, 1.54) is 0 Å². The van der Waals surface area contributed by atoms with Gasteiger partial charge in [0.15, 0.2) is 0 Å². The highest BCUT2D eigenvalue weighted by Crippen LogP contribution is 2.29. The molecule has 1 aliphatic heterocycles. The lowest BCUT2D eigenvalue weighted by atomic mass is 9.90. The molecule has 0 unspecified atom stereocenters. The molecule has 0 saturated heterocycles. The summed E-state index contributed by atoms with van der Waals surface area (Å²) in [5.74, 6) is -1.20. The van der Waals surface area contributed by atoms with Crippen molar-refractivity contribution in [2.24, 2.45) is 5.10 Å². The van der Waals surface area contributed by atoms with Crippen molar-refractivity contribution in [2.45, 2.75) is 102 Å². The smallest absolute Gasteiger partial charge is 0.306 e. The number of carboxylic acid groups (broad SMARTS) is 1. The minimum atomic E-state index is -0.826. The molecule has 9 nitrogen and oxygen atoms in total. The van der Waals surface area contributed by atoms with Crippen molar-refractivity contribution >= 4 is 30.0 Å². The first kappa shape index (κ1) is 29.1. The van der Waals surface area contributed by atoms with Crippen LogP contribution >= 0.6 is 0 Å². The fraction of sp³-hybridized carbons (Fsp3) is 0.552. The van der Waals surface area contributed by atoms with Crippen LogP contribution in [0.5, 0.6) is 0 Å². The summed E-state index contributed by atoms with van der Waals surface area (Å²) in [5, 5.41) is 12.7. The largest absolute Gasteiger partial charge is 0.481 e. The summed E-state index contributed by atoms with van der Waals surface area (Å²) in [4.78, 5) is 50.1. The second kappa shape index (κ2) is 15.7. The van der Waals surface area contributed by atoms with E-state index in [9.17, 15) is 19.2 Å². The molecule has 1 aliphatic carbocycles. The summed E-state index contributed by atoms with van der Waals surface area (Å²) >= 11 is 0. The lowest BCUT2D eigenvalue weighted by molar-refractivity contribution is -0.159. The third kappa shape index (κ3) is 10.1. The van der Waals surface area contributed by atoms with E-state index in [1.54, 1.807) is 6.21 Å². The lowest BCUT2D eigenvalue weighted by Crippen LogP contribution is -2.49. The molecule has 1 saturated carbocycles. The van der Waals surface area contributed by atoms with Gasteiger partial charge in [-0.05, 0) is 62.1 Å². The maximum absolute atomic E-state index is 13.3. The van der Waals surface area contributed by atoms with E-state index in [0.29, 0.717) is 51.5 Å². The van der Waals surface area contributed by atoms with Crippen molar-refractivity contribution in [3.63, 3.8) is 0 Å². The third-order valence-corrected chi connectivity index (χ3v) is 6.88. The van der Waals surface area contributed by atoms with Crippen LogP contribution in [0.3, 0.4) is 0 Å². The fourth-order valence-electron chi connectivity index (χ4n) is 4.92. The molecule has 0 radical (unpaired) electrons. The van der Waals surface area contributed by atoms with Gasteiger partial charge >= 0.3 is 11.9 Å². The van der Waals surface area contributed by atoms with Crippen molar-refractivity contribution in [3.05, 3.63) is 47.5 Å². The number of amides is 2. The molecule has 206 valence electrons. The number of esters is 1. The van der Waals surface area contributed by atoms with Gasteiger partial charge in [-0.2, -0.15) is 5.10 Å². The Bertz CT molecular complexity index is 1020. The number of allylic oxidation sites excluding steroid dienone is 2. The number of hydrazone groups is 1. The number of rotatable bonds is 10. The molecule has 9 heteroatoms. The molecule has 2 N–H and O–H groups in total. The zero-order valence-electron chi connectivity index (χ0n) is 22.0. The average Bonchev–Trinajstić information content (AvgIpc) is 2.89. The molecule has 2 amide bonds. The SMILES string of the molecule is O=C(O)CCCCCC(=O)N/N=C/c1cccc(CN2C(=O)CC/C=C/CCC(=O)O[C@@H]3CCCC[C@H]32)c1. The van der Waals surface area contributed by atoms with Crippen LogP contribution in [-0.2, 0) is 30.5 Å². The average molecular weight is 526 g/mol. The minimum Gasteiger partial charge on any atom is -0.481 e. The molecule has 0 aromatic heterocycles. The highest BCUT2D eigenvalue weighted by Gasteiger charge is 2.35. The summed E-state index contributed by atoms with van der Waals surface area (Å²) < 4.78 is 5.84. The lowest BCUT2D eigenvalue weighted by Gasteiger charge is -2.39. The molecule has 2 atom stereocenters. The number of carbonyl (C=O) groups excluding carboxylic acids is 3. The zero-order valence-corrected chi connectivity index (χ0v) is 22.0. The molecule has 1 aromatic rings. The Labute approximate surface area is 224 Å². The van der Waals surface area contributed by atoms with E-state index in [4.69, 9.17) is 9.84 Å². The van der Waals surface area contributed by atoms with Crippen molar-refractivity contribution in [1.29, 1.82) is 0 Å². The number of aliphatic carboxylic acids is 1. The minimum absolute atomic E-state index is 0.0536. The summed E-state index contributed by atoms with van der Waals surface area (Å²) in [5.41, 5.74) is 4.24. The predicted octanol–water partition coefficient (Wildman–Crippen LogP) is 4.49. The Morgan fingerprint density at radius 3 is 2.63 bits per heavy atom. The highest BCUT2D eigenvalue weighted by atomic mass is 16.5. The van der Waals surface area contributed by atoms with Crippen LogP contribution in [0, 0.1) is 0 Å². The Morgan fingerprint density at radius 2 is 1.82 bits per heavy atom. The number of unbranched alkanes of at least 4 members (excludes halogenated alkanes) is 2. The van der Waals surface area contributed by atoms with Gasteiger partial charge in [-0.15, -0.1) is 0 Å². The van der Waals surface area contributed by atoms with Crippen LogP contribution in [0.1, 0.15) is 94.6 Å². The third-order valence-electron chi connectivity index (χ3n) is 6.88. The van der Waals surface area contributed by atoms with Crippen LogP contribution in [0.4, 0.5) is 0 Å². The van der Waals surface area contributed by atoms with Gasteiger partial charge in [0.1, 0.15) is 6.10 Å². The molecule has 3 rings (SSSR count). The van der Waals surface area contributed by atoms with Crippen LogP contribution in [0.25, 0.3) is 0 Å². The molecule has 38 heavy (non-hydrogen) atoms. The van der Waals surface area contributed by atoms with Crippen molar-refractivity contribution in [2.75, 3.05) is 0 Å². The Balaban J connectivity index is 1.62. The second-order valence-electron chi connectivity index (χ2n) is 9.94.